The average molecular weight is 729 g/mol. The smallest absolute Gasteiger partial charge is 0.652 e. The Bertz CT molecular complexity index is 2130. The predicted octanol–water partition coefficient (Wildman–Crippen LogP) is 0.737. The molecule has 0 amide bonds. The summed E-state index contributed by atoms with van der Waals surface area (Å²) < 4.78 is 0. The molecular weight excluding hydrogens is 696 g/mol. The van der Waals surface area contributed by atoms with Gasteiger partial charge in [0, 0.05) is 0 Å². The van der Waals surface area contributed by atoms with E-state index in [1.165, 1.54) is 64.5 Å². The molecule has 52 heavy (non-hydrogen) atoms. The zero-order chi connectivity index (χ0) is 34.3. The van der Waals surface area contributed by atoms with E-state index in [0.29, 0.717) is 0 Å². The van der Waals surface area contributed by atoms with E-state index in [1.54, 1.807) is 0 Å². The molecule has 0 fully saturated rings. The molecule has 3 nitrogen and oxygen atoms in total. The maximum absolute atomic E-state index is 8.33. The van der Waals surface area contributed by atoms with Crippen molar-refractivity contribution < 1.29 is 74.1 Å². The molecule has 242 valence electrons. The van der Waals surface area contributed by atoms with Crippen molar-refractivity contribution in [2.24, 2.45) is 0 Å². The van der Waals surface area contributed by atoms with E-state index >= 15 is 0 Å². The van der Waals surface area contributed by atoms with Gasteiger partial charge in [0.2, 0.25) is 0 Å². The first kappa shape index (κ1) is 39.6. The molecule has 0 unspecified atom stereocenters. The molecule has 0 atom stereocenters. The van der Waals surface area contributed by atoms with Crippen LogP contribution < -0.4 is 101 Å². The molecular formula is C45H32Na2O3P2. The van der Waals surface area contributed by atoms with Gasteiger partial charge in [-0.2, -0.15) is 0 Å². The van der Waals surface area contributed by atoms with Crippen LogP contribution in [0.3, 0.4) is 0 Å². The predicted molar refractivity (Wildman–Crippen MR) is 210 cm³/mol. The molecule has 0 N–H and O–H groups in total. The molecule has 0 aliphatic rings. The van der Waals surface area contributed by atoms with Gasteiger partial charge in [0.1, 0.15) is 0 Å². The Kier molecular flexibility index (Phi) is 14.4. The van der Waals surface area contributed by atoms with Crippen molar-refractivity contribution in [3.05, 3.63) is 194 Å². The van der Waals surface area contributed by atoms with Gasteiger partial charge < -0.3 is 15.0 Å². The first-order chi connectivity index (χ1) is 24.6. The van der Waals surface area contributed by atoms with Gasteiger partial charge in [-0.25, -0.2) is 0 Å². The Labute approximate surface area is 351 Å². The molecule has 0 saturated heterocycles. The number of carboxylic acid groups (broad SMARTS) is 2. The van der Waals surface area contributed by atoms with Gasteiger partial charge in [0.15, 0.2) is 0 Å². The summed E-state index contributed by atoms with van der Waals surface area (Å²) in [6.45, 7) is 0. The number of hydrogen-bond acceptors (Lipinski definition) is 3. The second kappa shape index (κ2) is 18.9. The van der Waals surface area contributed by atoms with Crippen molar-refractivity contribution in [1.82, 2.24) is 0 Å². The average Bonchev–Trinajstić information content (AvgIpc) is 3.16. The Morgan fingerprint density at radius 1 is 0.346 bits per heavy atom. The zero-order valence-corrected chi connectivity index (χ0v) is 34.9. The quantitative estimate of drug-likeness (QED) is 0.180. The van der Waals surface area contributed by atoms with Crippen LogP contribution in [0.2, 0.25) is 0 Å². The van der Waals surface area contributed by atoms with Gasteiger partial charge in [0.25, 0.3) is 0 Å². The van der Waals surface area contributed by atoms with E-state index in [2.05, 4.69) is 194 Å². The molecule has 8 aromatic carbocycles. The fraction of sp³-hybridized carbons (Fsp3) is 0. The van der Waals surface area contributed by atoms with Gasteiger partial charge in [-0.3, -0.25) is 0 Å². The maximum atomic E-state index is 8.33. The van der Waals surface area contributed by atoms with Crippen molar-refractivity contribution in [1.29, 1.82) is 0 Å². The normalized spacial score (nSPS) is 10.6. The molecule has 0 heterocycles. The molecule has 0 aliphatic carbocycles. The maximum Gasteiger partial charge on any atom is 1.00 e. The van der Waals surface area contributed by atoms with Crippen LogP contribution in [0.15, 0.2) is 194 Å². The van der Waals surface area contributed by atoms with Crippen LogP contribution in [0, 0.1) is 0 Å². The van der Waals surface area contributed by atoms with Crippen LogP contribution in [0.25, 0.3) is 32.7 Å². The molecule has 0 spiro atoms. The first-order valence-corrected chi connectivity index (χ1v) is 19.0. The van der Waals surface area contributed by atoms with E-state index in [9.17, 15) is 0 Å². The van der Waals surface area contributed by atoms with E-state index in [1.807, 2.05) is 0 Å². The van der Waals surface area contributed by atoms with Crippen LogP contribution in [0.5, 0.6) is 0 Å². The Morgan fingerprint density at radius 3 is 0.885 bits per heavy atom. The SMILES string of the molecule is O=C([O-])[O-].[Na+].[Na+].c1ccc(P(c2ccccc2)c2ccc3ccccc3c2-c2c(P(c3ccccc3)c3ccccc3)ccc3ccccc23)cc1. The molecule has 0 bridgehead atoms. The summed E-state index contributed by atoms with van der Waals surface area (Å²) in [4.78, 5) is 8.33. The number of benzene rings is 8. The third kappa shape index (κ3) is 8.78. The van der Waals surface area contributed by atoms with E-state index in [0.717, 1.165) is 0 Å². The summed E-state index contributed by atoms with van der Waals surface area (Å²) in [6.07, 6.45) is -2.33. The zero-order valence-electron chi connectivity index (χ0n) is 29.1. The molecule has 0 aromatic heterocycles. The third-order valence-electron chi connectivity index (χ3n) is 8.60. The first-order valence-electron chi connectivity index (χ1n) is 16.3. The van der Waals surface area contributed by atoms with Gasteiger partial charge in [-0.05, 0) is 86.5 Å². The van der Waals surface area contributed by atoms with Crippen molar-refractivity contribution >= 4 is 75.4 Å². The number of hydrogen-bond donors (Lipinski definition) is 0. The number of carbonyl (C=O) groups is 1. The van der Waals surface area contributed by atoms with Gasteiger partial charge in [0.05, 0.1) is 0 Å². The number of fused-ring (bicyclic) bond motifs is 2. The van der Waals surface area contributed by atoms with Crippen LogP contribution >= 0.6 is 15.8 Å². The second-order valence-corrected chi connectivity index (χ2v) is 16.0. The van der Waals surface area contributed by atoms with Crippen molar-refractivity contribution in [2.75, 3.05) is 0 Å². The molecule has 0 radical (unpaired) electrons. The fourth-order valence-corrected chi connectivity index (χ4v) is 11.5. The van der Waals surface area contributed by atoms with Gasteiger partial charge in [-0.1, -0.05) is 194 Å². The standard InChI is InChI=1S/C44H32P2.CH2O3.2Na/c1-5-19-35(20-6-1)45(36-21-7-2-8-22-36)41-31-29-33-17-13-15-27-39(33)43(41)44-40-28-16-14-18-34(40)30-32-42(44)46(37-23-9-3-10-24-37)38-25-11-4-12-26-38;2-1(3)4;;/h1-32H;(H2,2,3,4);;/q;;2*+1/p-2. The molecule has 0 aliphatic heterocycles. The van der Waals surface area contributed by atoms with Gasteiger partial charge >= 0.3 is 59.1 Å². The van der Waals surface area contributed by atoms with Crippen molar-refractivity contribution in [3.8, 4) is 11.1 Å². The van der Waals surface area contributed by atoms with E-state index in [-0.39, 0.29) is 59.1 Å². The van der Waals surface area contributed by atoms with Crippen LogP contribution in [-0.2, 0) is 0 Å². The minimum atomic E-state index is -2.33. The van der Waals surface area contributed by atoms with E-state index in [4.69, 9.17) is 15.0 Å². The van der Waals surface area contributed by atoms with Crippen LogP contribution in [-0.4, -0.2) is 6.16 Å². The van der Waals surface area contributed by atoms with Crippen LogP contribution in [0.1, 0.15) is 0 Å². The summed E-state index contributed by atoms with van der Waals surface area (Å²) in [5, 5.41) is 30.0. The Hall–Kier alpha value is -3.59. The Balaban J connectivity index is 0.000000830. The largest absolute Gasteiger partial charge is 1.00 e. The van der Waals surface area contributed by atoms with Crippen LogP contribution in [0.4, 0.5) is 4.79 Å². The minimum Gasteiger partial charge on any atom is -0.652 e. The molecule has 8 aromatic rings. The summed E-state index contributed by atoms with van der Waals surface area (Å²) in [6, 6.07) is 71.8. The number of carbonyl (C=O) groups excluding carboxylic acids is 1. The summed E-state index contributed by atoms with van der Waals surface area (Å²) in [7, 11) is -1.70. The van der Waals surface area contributed by atoms with Crippen molar-refractivity contribution in [3.63, 3.8) is 0 Å². The summed E-state index contributed by atoms with van der Waals surface area (Å²) >= 11 is 0. The molecule has 0 saturated carbocycles. The van der Waals surface area contributed by atoms with Gasteiger partial charge in [-0.15, -0.1) is 0 Å². The third-order valence-corrected chi connectivity index (χ3v) is 13.6. The minimum absolute atomic E-state index is 0. The topological polar surface area (TPSA) is 63.2 Å². The summed E-state index contributed by atoms with van der Waals surface area (Å²) in [5.41, 5.74) is 2.70. The molecule has 7 heteroatoms. The van der Waals surface area contributed by atoms with E-state index < -0.39 is 22.0 Å². The van der Waals surface area contributed by atoms with Crippen molar-refractivity contribution in [2.45, 2.75) is 0 Å². The monoisotopic (exact) mass is 728 g/mol. The summed E-state index contributed by atoms with van der Waals surface area (Å²) in [5.74, 6) is 0. The number of rotatable bonds is 7. The second-order valence-electron chi connectivity index (χ2n) is 11.6. The Morgan fingerprint density at radius 2 is 0.596 bits per heavy atom. The molecule has 8 rings (SSSR count). The fourth-order valence-electron chi connectivity index (χ4n) is 6.58.